The van der Waals surface area contributed by atoms with Crippen LogP contribution < -0.4 is 14.8 Å². The SMILES string of the molecule is COc1cc2c(c(O)c1C)C(=O)c1cc3c(c(O)c1C2=O)-c1c(cc(C)c(C(=O)NC(C)C(=O)O)c1OC)[C@H](OC1OC(C)C(N(C)C)C(OC2OCC(O)C(O)C2O)C1O)[C@H]3O. The Balaban J connectivity index is 1.40. The van der Waals surface area contributed by atoms with E-state index in [0.717, 1.165) is 6.07 Å². The lowest BCUT2D eigenvalue weighted by Crippen LogP contribution is -2.65. The van der Waals surface area contributed by atoms with Crippen LogP contribution in [0.2, 0.25) is 0 Å². The molecule has 9 N–H and O–H groups in total. The van der Waals surface area contributed by atoms with E-state index in [1.165, 1.54) is 47.1 Å². The molecule has 3 aromatic rings. The predicted octanol–water partition coefficient (Wildman–Crippen LogP) is 0.342. The summed E-state index contributed by atoms with van der Waals surface area (Å²) < 4.78 is 35.5. The quantitative estimate of drug-likeness (QED) is 0.104. The number of aromatic hydroxyl groups is 2. The second-order valence-electron chi connectivity index (χ2n) is 16.4. The molecule has 20 nitrogen and oxygen atoms in total. The molecule has 2 saturated heterocycles. The highest BCUT2D eigenvalue weighted by molar-refractivity contribution is 6.31. The molecule has 2 fully saturated rings. The highest BCUT2D eigenvalue weighted by atomic mass is 16.7. The Morgan fingerprint density at radius 3 is 2.06 bits per heavy atom. The molecule has 1 amide bonds. The Morgan fingerprint density at radius 2 is 1.46 bits per heavy atom. The first-order valence-corrected chi connectivity index (χ1v) is 20.0. The number of carboxylic acid groups (broad SMARTS) is 1. The summed E-state index contributed by atoms with van der Waals surface area (Å²) in [6.07, 6.45) is -15.2. The van der Waals surface area contributed by atoms with Gasteiger partial charge in [-0.15, -0.1) is 0 Å². The molecule has 0 saturated carbocycles. The van der Waals surface area contributed by atoms with E-state index in [4.69, 9.17) is 28.4 Å². The topological polar surface area (TPSA) is 301 Å². The Bertz CT molecular complexity index is 2380. The maximum absolute atomic E-state index is 14.3. The predicted molar refractivity (Wildman–Crippen MR) is 215 cm³/mol. The van der Waals surface area contributed by atoms with E-state index in [-0.39, 0.29) is 61.6 Å². The summed E-state index contributed by atoms with van der Waals surface area (Å²) in [4.78, 5) is 55.9. The molecule has 0 spiro atoms. The fraction of sp³-hybridized carbons (Fsp3) is 0.488. The van der Waals surface area contributed by atoms with Crippen molar-refractivity contribution in [3.05, 3.63) is 68.3 Å². The number of phenolic OH excluding ortho intramolecular Hbond substituents is 2. The zero-order valence-electron chi connectivity index (χ0n) is 35.5. The highest BCUT2D eigenvalue weighted by Gasteiger charge is 2.52. The minimum atomic E-state index is -1.84. The van der Waals surface area contributed by atoms with Crippen molar-refractivity contribution in [2.24, 2.45) is 0 Å². The number of hydrogen-bond donors (Lipinski definition) is 9. The number of carbonyl (C=O) groups excluding carboxylic acids is 3. The third kappa shape index (κ3) is 7.38. The molecule has 0 radical (unpaired) electrons. The van der Waals surface area contributed by atoms with Gasteiger partial charge in [-0.1, -0.05) is 6.07 Å². The van der Waals surface area contributed by atoms with Crippen LogP contribution in [-0.2, 0) is 23.7 Å². The second-order valence-corrected chi connectivity index (χ2v) is 16.4. The van der Waals surface area contributed by atoms with E-state index in [2.05, 4.69) is 5.32 Å². The van der Waals surface area contributed by atoms with Gasteiger partial charge >= 0.3 is 5.97 Å². The summed E-state index contributed by atoms with van der Waals surface area (Å²) in [5.41, 5.74) is -1.94. The van der Waals surface area contributed by atoms with Crippen molar-refractivity contribution in [2.75, 3.05) is 34.9 Å². The molecule has 2 heterocycles. The number of nitrogens with zero attached hydrogens (tertiary/aromatic N) is 1. The van der Waals surface area contributed by atoms with Crippen molar-refractivity contribution in [1.29, 1.82) is 0 Å². The van der Waals surface area contributed by atoms with Crippen molar-refractivity contribution < 1.29 is 88.5 Å². The number of rotatable bonds is 10. The summed E-state index contributed by atoms with van der Waals surface area (Å²) in [5, 5.41) is 90.9. The Kier molecular flexibility index (Phi) is 12.4. The number of benzene rings is 3. The molecule has 20 heteroatoms. The van der Waals surface area contributed by atoms with Gasteiger partial charge < -0.3 is 79.5 Å². The molecule has 2 aliphatic heterocycles. The van der Waals surface area contributed by atoms with Gasteiger partial charge in [0.1, 0.15) is 71.8 Å². The third-order valence-corrected chi connectivity index (χ3v) is 12.2. The fourth-order valence-electron chi connectivity index (χ4n) is 9.00. The van der Waals surface area contributed by atoms with Crippen LogP contribution >= 0.6 is 0 Å². The van der Waals surface area contributed by atoms with Crippen LogP contribution in [0, 0.1) is 13.8 Å². The molecule has 12 atom stereocenters. The van der Waals surface area contributed by atoms with E-state index in [9.17, 15) is 60.0 Å². The maximum atomic E-state index is 14.3. The first-order valence-electron chi connectivity index (χ1n) is 20.0. The number of aryl methyl sites for hydroxylation is 1. The molecule has 7 rings (SSSR count). The van der Waals surface area contributed by atoms with Crippen LogP contribution in [0.25, 0.3) is 11.1 Å². The lowest BCUT2D eigenvalue weighted by molar-refractivity contribution is -0.345. The number of hydrogen-bond acceptors (Lipinski definition) is 18. The Labute approximate surface area is 360 Å². The average Bonchev–Trinajstić information content (AvgIpc) is 3.22. The molecule has 0 bridgehead atoms. The summed E-state index contributed by atoms with van der Waals surface area (Å²) in [6, 6.07) is 1.71. The average molecular weight is 883 g/mol. The number of aliphatic carboxylic acids is 1. The van der Waals surface area contributed by atoms with E-state index in [1.54, 1.807) is 25.9 Å². The number of ketones is 2. The van der Waals surface area contributed by atoms with Crippen LogP contribution in [0.3, 0.4) is 0 Å². The van der Waals surface area contributed by atoms with Gasteiger partial charge in [0.25, 0.3) is 5.91 Å². The highest BCUT2D eigenvalue weighted by Crippen LogP contribution is 2.57. The van der Waals surface area contributed by atoms with E-state index in [0.29, 0.717) is 0 Å². The normalized spacial score (nSPS) is 29.3. The van der Waals surface area contributed by atoms with Crippen molar-refractivity contribution >= 4 is 23.4 Å². The lowest BCUT2D eigenvalue weighted by Gasteiger charge is -2.49. The molecule has 3 aromatic carbocycles. The minimum Gasteiger partial charge on any atom is -0.507 e. The summed E-state index contributed by atoms with van der Waals surface area (Å²) in [6.45, 7) is 5.47. The molecular formula is C43H50N2O18. The van der Waals surface area contributed by atoms with Crippen molar-refractivity contribution in [1.82, 2.24) is 10.2 Å². The Hall–Kier alpha value is -5.26. The van der Waals surface area contributed by atoms with Gasteiger partial charge in [0.15, 0.2) is 24.1 Å². The number of carboxylic acids is 1. The van der Waals surface area contributed by atoms with Gasteiger partial charge in [-0.25, -0.2) is 0 Å². The van der Waals surface area contributed by atoms with E-state index in [1.807, 2.05) is 0 Å². The zero-order chi connectivity index (χ0) is 46.3. The number of likely N-dealkylation sites (N-methyl/N-ethyl adjacent to an activating group) is 1. The maximum Gasteiger partial charge on any atom is 0.325 e. The van der Waals surface area contributed by atoms with Gasteiger partial charge in [0.05, 0.1) is 49.7 Å². The number of methoxy groups -OCH3 is 2. The number of amides is 1. The van der Waals surface area contributed by atoms with Crippen molar-refractivity contribution in [3.63, 3.8) is 0 Å². The lowest BCUT2D eigenvalue weighted by atomic mass is 9.73. The summed E-state index contributed by atoms with van der Waals surface area (Å²) in [5.74, 6) is -5.52. The van der Waals surface area contributed by atoms with Gasteiger partial charge in [-0.2, -0.15) is 0 Å². The number of phenols is 2. The molecule has 340 valence electrons. The first kappa shape index (κ1) is 45.8. The van der Waals surface area contributed by atoms with Crippen LogP contribution in [-0.4, -0.2) is 165 Å². The fourth-order valence-corrected chi connectivity index (χ4v) is 9.00. The smallest absolute Gasteiger partial charge is 0.325 e. The first-order chi connectivity index (χ1) is 29.7. The number of aliphatic hydroxyl groups is 5. The third-order valence-electron chi connectivity index (χ3n) is 12.2. The molecule has 10 unspecified atom stereocenters. The van der Waals surface area contributed by atoms with Gasteiger partial charge in [0.2, 0.25) is 0 Å². The number of aliphatic hydroxyl groups excluding tert-OH is 5. The molecular weight excluding hydrogens is 832 g/mol. The number of carbonyl (C=O) groups is 4. The minimum absolute atomic E-state index is 0.0335. The summed E-state index contributed by atoms with van der Waals surface area (Å²) in [7, 11) is 5.86. The standard InChI is InChI=1S/C43H50N2O18/c1-13-9-20-25(38(59-8)23(13)40(55)44-15(3)41(56)57)24-17(10-18-27(34(24)52)31(49)19-11-22(58-7)14(2)29(47)26(19)30(18)48)32(50)37(20)62-43-36(54)39(28(45(5)6)16(4)61-43)63-42-35(53)33(51)21(46)12-60-42/h9-11,15-16,21,28,32-33,35-37,39,42-43,46-47,50-54H,12H2,1-8H3,(H,44,55)(H,56,57)/t15?,16?,21?,28?,32-,33?,35?,36?,37-,39?,42?,43?/m0/s1. The number of ether oxygens (including phenoxy) is 6. The summed E-state index contributed by atoms with van der Waals surface area (Å²) >= 11 is 0. The monoisotopic (exact) mass is 882 g/mol. The van der Waals surface area contributed by atoms with Crippen LogP contribution in [0.5, 0.6) is 23.0 Å². The number of nitrogens with one attached hydrogen (secondary N) is 1. The molecule has 2 aliphatic carbocycles. The van der Waals surface area contributed by atoms with Gasteiger partial charge in [0, 0.05) is 27.8 Å². The van der Waals surface area contributed by atoms with Crippen LogP contribution in [0.15, 0.2) is 18.2 Å². The molecule has 0 aromatic heterocycles. The van der Waals surface area contributed by atoms with E-state index < -0.39 is 126 Å². The number of fused-ring (bicyclic) bond motifs is 5. The second kappa shape index (κ2) is 17.0. The van der Waals surface area contributed by atoms with Gasteiger partial charge in [-0.05, 0) is 70.6 Å². The van der Waals surface area contributed by atoms with Crippen LogP contribution in [0.4, 0.5) is 0 Å². The molecule has 63 heavy (non-hydrogen) atoms. The van der Waals surface area contributed by atoms with Gasteiger partial charge in [-0.3, -0.25) is 19.2 Å². The van der Waals surface area contributed by atoms with E-state index >= 15 is 0 Å². The zero-order valence-corrected chi connectivity index (χ0v) is 35.5. The van der Waals surface area contributed by atoms with Crippen molar-refractivity contribution in [2.45, 2.75) is 101 Å². The molecule has 4 aliphatic rings. The Morgan fingerprint density at radius 1 is 0.825 bits per heavy atom. The van der Waals surface area contributed by atoms with Crippen LogP contribution in [0.1, 0.15) is 90.5 Å². The largest absolute Gasteiger partial charge is 0.507 e. The van der Waals surface area contributed by atoms with Crippen molar-refractivity contribution in [3.8, 4) is 34.1 Å².